The number of ether oxygens (including phenoxy) is 2. The first kappa shape index (κ1) is 27.2. The number of imidazole rings is 1. The number of benzene rings is 1. The number of carbonyl (C=O) groups is 2. The van der Waals surface area contributed by atoms with E-state index in [0.717, 1.165) is 43.4 Å². The molecule has 4 aliphatic rings. The predicted molar refractivity (Wildman–Crippen MR) is 143 cm³/mol. The quantitative estimate of drug-likeness (QED) is 0.291. The highest BCUT2D eigenvalue weighted by Gasteiger charge is 2.43. The van der Waals surface area contributed by atoms with Crippen molar-refractivity contribution in [3.05, 3.63) is 41.0 Å². The molecule has 7 rings (SSSR count). The summed E-state index contributed by atoms with van der Waals surface area (Å²) >= 11 is 0. The van der Waals surface area contributed by atoms with Crippen molar-refractivity contribution in [1.29, 1.82) is 0 Å². The molecule has 42 heavy (non-hydrogen) atoms. The highest BCUT2D eigenvalue weighted by atomic mass is 19.3. The van der Waals surface area contributed by atoms with Crippen molar-refractivity contribution in [1.82, 2.24) is 35.8 Å². The molecule has 0 unspecified atom stereocenters. The van der Waals surface area contributed by atoms with Gasteiger partial charge in [-0.25, -0.2) is 23.2 Å². The van der Waals surface area contributed by atoms with Gasteiger partial charge in [0.2, 0.25) is 0 Å². The monoisotopic (exact) mass is 585 g/mol. The molecule has 3 aromatic rings. The molecule has 2 aromatic heterocycles. The molecule has 3 aliphatic carbocycles. The van der Waals surface area contributed by atoms with Crippen molar-refractivity contribution in [3.63, 3.8) is 0 Å². The number of aromatic nitrogens is 4. The summed E-state index contributed by atoms with van der Waals surface area (Å²) in [5.74, 6) is -2.83. The molecule has 0 spiro atoms. The lowest BCUT2D eigenvalue weighted by molar-refractivity contribution is -0.0541. The van der Waals surface area contributed by atoms with Crippen molar-refractivity contribution in [2.24, 2.45) is 0 Å². The number of hydrogen-bond donors (Lipinski definition) is 3. The minimum absolute atomic E-state index is 0.0826. The number of alkyl halides is 2. The molecule has 0 radical (unpaired) electrons. The lowest BCUT2D eigenvalue weighted by Gasteiger charge is -2.38. The molecule has 3 saturated carbocycles. The first-order valence-corrected chi connectivity index (χ1v) is 14.6. The average molecular weight is 586 g/mol. The largest absolute Gasteiger partial charge is 0.376 e. The van der Waals surface area contributed by atoms with E-state index in [4.69, 9.17) is 19.1 Å². The van der Waals surface area contributed by atoms with Gasteiger partial charge < -0.3 is 30.0 Å². The summed E-state index contributed by atoms with van der Waals surface area (Å²) in [6.07, 6.45) is 5.43. The van der Waals surface area contributed by atoms with Crippen LogP contribution < -0.4 is 10.6 Å². The normalized spacial score (nSPS) is 22.5. The number of H-pyrrole nitrogens is 1. The van der Waals surface area contributed by atoms with Crippen LogP contribution in [-0.4, -0.2) is 81.1 Å². The van der Waals surface area contributed by atoms with Gasteiger partial charge in [-0.1, -0.05) is 11.2 Å². The summed E-state index contributed by atoms with van der Waals surface area (Å²) in [5.41, 5.74) is 2.59. The molecule has 1 aromatic carbocycles. The molecule has 1 saturated heterocycles. The van der Waals surface area contributed by atoms with Crippen LogP contribution in [0.5, 0.6) is 0 Å². The van der Waals surface area contributed by atoms with E-state index in [-0.39, 0.29) is 30.4 Å². The molecule has 3 N–H and O–H groups in total. The standard InChI is InChI=1S/C28H33F2N7O5/c1-14(41-18-7-8-18)22(34-26(38)24-23(15-2-3-15)35-42-36-24)25-32-19-9-4-16(10-20(19)33-25)21(11-40-17-5-6-17)37-13-28(29,30)12-31-27(37)39/h4,9-10,14-15,17-18,21-22H,2-3,5-8,11-13H2,1H3,(H,31,39)(H,32,33)(H,34,38)/t14-,21-,22+/m1/s1. The Morgan fingerprint density at radius 2 is 1.98 bits per heavy atom. The highest BCUT2D eigenvalue weighted by molar-refractivity contribution is 5.93. The Kier molecular flexibility index (Phi) is 6.84. The Morgan fingerprint density at radius 1 is 1.19 bits per heavy atom. The first-order valence-electron chi connectivity index (χ1n) is 14.6. The van der Waals surface area contributed by atoms with Crippen LogP contribution in [0.2, 0.25) is 0 Å². The van der Waals surface area contributed by atoms with E-state index in [1.807, 2.05) is 6.92 Å². The van der Waals surface area contributed by atoms with Crippen molar-refractivity contribution >= 4 is 23.0 Å². The number of nitrogens with zero attached hydrogens (tertiary/aromatic N) is 4. The number of hydrogen-bond acceptors (Lipinski definition) is 8. The van der Waals surface area contributed by atoms with Gasteiger partial charge in [-0.05, 0) is 68.3 Å². The Hall–Kier alpha value is -3.65. The molecule has 3 atom stereocenters. The zero-order valence-corrected chi connectivity index (χ0v) is 23.1. The van der Waals surface area contributed by atoms with Crippen LogP contribution in [0.3, 0.4) is 0 Å². The van der Waals surface area contributed by atoms with E-state index in [0.29, 0.717) is 28.1 Å². The van der Waals surface area contributed by atoms with Crippen LogP contribution in [0.1, 0.15) is 91.0 Å². The molecule has 12 nitrogen and oxygen atoms in total. The van der Waals surface area contributed by atoms with Crippen molar-refractivity contribution in [3.8, 4) is 0 Å². The molecular formula is C28H33F2N7O5. The van der Waals surface area contributed by atoms with E-state index in [1.54, 1.807) is 18.2 Å². The maximum absolute atomic E-state index is 14.3. The maximum Gasteiger partial charge on any atom is 0.318 e. The minimum Gasteiger partial charge on any atom is -0.376 e. The summed E-state index contributed by atoms with van der Waals surface area (Å²) in [7, 11) is 0. The number of halogens is 2. The van der Waals surface area contributed by atoms with E-state index in [2.05, 4.69) is 25.9 Å². The van der Waals surface area contributed by atoms with Crippen LogP contribution >= 0.6 is 0 Å². The fraction of sp³-hybridized carbons (Fsp3) is 0.607. The maximum atomic E-state index is 14.3. The zero-order chi connectivity index (χ0) is 29.0. The average Bonchev–Trinajstić information content (AvgIpc) is 3.90. The third kappa shape index (κ3) is 5.82. The first-order chi connectivity index (χ1) is 20.2. The number of aromatic amines is 1. The van der Waals surface area contributed by atoms with Crippen LogP contribution in [0.15, 0.2) is 22.8 Å². The molecule has 224 valence electrons. The Morgan fingerprint density at radius 3 is 2.71 bits per heavy atom. The van der Waals surface area contributed by atoms with Gasteiger partial charge in [-0.3, -0.25) is 4.79 Å². The van der Waals surface area contributed by atoms with Crippen molar-refractivity contribution in [2.45, 2.75) is 87.7 Å². The van der Waals surface area contributed by atoms with E-state index in [1.165, 1.54) is 0 Å². The van der Waals surface area contributed by atoms with Crippen molar-refractivity contribution in [2.75, 3.05) is 19.7 Å². The fourth-order valence-electron chi connectivity index (χ4n) is 5.34. The summed E-state index contributed by atoms with van der Waals surface area (Å²) in [4.78, 5) is 35.2. The van der Waals surface area contributed by atoms with Crippen LogP contribution in [-0.2, 0) is 9.47 Å². The number of urea groups is 1. The summed E-state index contributed by atoms with van der Waals surface area (Å²) < 4.78 is 45.6. The molecular weight excluding hydrogens is 552 g/mol. The SMILES string of the molecule is C[C@@H](OC1CC1)[C@H](NC(=O)c1nonc1C1CC1)c1nc2cc([C@@H](COC3CC3)N3CC(F)(F)CNC3=O)ccc2[nH]1. The predicted octanol–water partition coefficient (Wildman–Crippen LogP) is 3.74. The number of nitrogens with one attached hydrogen (secondary N) is 3. The van der Waals surface area contributed by atoms with E-state index >= 15 is 0 Å². The van der Waals surface area contributed by atoms with Crippen LogP contribution in [0, 0.1) is 0 Å². The zero-order valence-electron chi connectivity index (χ0n) is 23.1. The fourth-order valence-corrected chi connectivity index (χ4v) is 5.34. The molecule has 4 fully saturated rings. The third-order valence-electron chi connectivity index (χ3n) is 8.14. The van der Waals surface area contributed by atoms with Gasteiger partial charge in [0.15, 0.2) is 5.69 Å². The van der Waals surface area contributed by atoms with Gasteiger partial charge in [0.05, 0.1) is 55.1 Å². The molecule has 14 heteroatoms. The summed E-state index contributed by atoms with van der Waals surface area (Å²) in [6.45, 7) is 0.578. The van der Waals surface area contributed by atoms with Crippen molar-refractivity contribution < 1.29 is 32.5 Å². The van der Waals surface area contributed by atoms with Gasteiger partial charge in [0.1, 0.15) is 17.6 Å². The van der Waals surface area contributed by atoms with Gasteiger partial charge >= 0.3 is 6.03 Å². The summed E-state index contributed by atoms with van der Waals surface area (Å²) in [5, 5.41) is 13.1. The molecule has 3 amide bonds. The summed E-state index contributed by atoms with van der Waals surface area (Å²) in [6, 6.07) is 3.42. The smallest absolute Gasteiger partial charge is 0.318 e. The third-order valence-corrected chi connectivity index (χ3v) is 8.14. The second-order valence-electron chi connectivity index (χ2n) is 11.9. The molecule has 0 bridgehead atoms. The minimum atomic E-state index is -3.06. The molecule has 1 aliphatic heterocycles. The van der Waals surface area contributed by atoms with Gasteiger partial charge in [0.25, 0.3) is 11.8 Å². The number of fused-ring (bicyclic) bond motifs is 1. The Bertz CT molecular complexity index is 1480. The second-order valence-corrected chi connectivity index (χ2v) is 11.9. The second kappa shape index (κ2) is 10.6. The highest BCUT2D eigenvalue weighted by Crippen LogP contribution is 2.40. The lowest BCUT2D eigenvalue weighted by Crippen LogP contribution is -2.58. The Balaban J connectivity index is 1.18. The topological polar surface area (TPSA) is 148 Å². The van der Waals surface area contributed by atoms with E-state index in [9.17, 15) is 18.4 Å². The Labute approximate surface area is 239 Å². The number of carbonyl (C=O) groups excluding carboxylic acids is 2. The number of rotatable bonds is 12. The molecule has 3 heterocycles. The van der Waals surface area contributed by atoms with Crippen LogP contribution in [0.4, 0.5) is 13.6 Å². The van der Waals surface area contributed by atoms with Gasteiger partial charge in [-0.2, -0.15) is 0 Å². The number of amides is 3. The van der Waals surface area contributed by atoms with Gasteiger partial charge in [-0.15, -0.1) is 0 Å². The van der Waals surface area contributed by atoms with E-state index < -0.39 is 49.1 Å². The lowest BCUT2D eigenvalue weighted by atomic mass is 10.0. The van der Waals surface area contributed by atoms with Gasteiger partial charge in [0, 0.05) is 5.92 Å². The van der Waals surface area contributed by atoms with Crippen LogP contribution in [0.25, 0.3) is 11.0 Å².